The predicted octanol–water partition coefficient (Wildman–Crippen LogP) is 2.89. The summed E-state index contributed by atoms with van der Waals surface area (Å²) < 4.78 is 19.0. The molecule has 0 aromatic heterocycles. The second-order valence-corrected chi connectivity index (χ2v) is 5.09. The SMILES string of the molecule is O=C(NCC1CCCCO1)c1cccc(F)c1Br. The molecule has 1 unspecified atom stereocenters. The van der Waals surface area contributed by atoms with E-state index in [-0.39, 0.29) is 16.5 Å². The molecule has 0 aliphatic carbocycles. The summed E-state index contributed by atoms with van der Waals surface area (Å²) in [6.07, 6.45) is 3.25. The number of amides is 1. The first kappa shape index (κ1) is 13.5. The number of nitrogens with one attached hydrogen (secondary N) is 1. The summed E-state index contributed by atoms with van der Waals surface area (Å²) in [7, 11) is 0. The summed E-state index contributed by atoms with van der Waals surface area (Å²) in [6.45, 7) is 1.23. The highest BCUT2D eigenvalue weighted by atomic mass is 79.9. The van der Waals surface area contributed by atoms with E-state index < -0.39 is 5.82 Å². The third kappa shape index (κ3) is 3.29. The van der Waals surface area contributed by atoms with Crippen LogP contribution in [0.4, 0.5) is 4.39 Å². The van der Waals surface area contributed by atoms with Crippen molar-refractivity contribution in [3.05, 3.63) is 34.1 Å². The number of hydrogen-bond donors (Lipinski definition) is 1. The van der Waals surface area contributed by atoms with Gasteiger partial charge in [-0.2, -0.15) is 0 Å². The Balaban J connectivity index is 1.93. The lowest BCUT2D eigenvalue weighted by molar-refractivity contribution is 0.0169. The molecule has 1 aliphatic heterocycles. The number of carbonyl (C=O) groups is 1. The van der Waals surface area contributed by atoms with Crippen LogP contribution in [0.2, 0.25) is 0 Å². The minimum Gasteiger partial charge on any atom is -0.376 e. The van der Waals surface area contributed by atoms with Crippen molar-refractivity contribution in [3.8, 4) is 0 Å². The van der Waals surface area contributed by atoms with Crippen molar-refractivity contribution in [2.45, 2.75) is 25.4 Å². The van der Waals surface area contributed by atoms with E-state index in [9.17, 15) is 9.18 Å². The lowest BCUT2D eigenvalue weighted by Crippen LogP contribution is -2.35. The van der Waals surface area contributed by atoms with Crippen LogP contribution < -0.4 is 5.32 Å². The van der Waals surface area contributed by atoms with Gasteiger partial charge in [-0.3, -0.25) is 4.79 Å². The van der Waals surface area contributed by atoms with Gasteiger partial charge in [-0.15, -0.1) is 0 Å². The Morgan fingerprint density at radius 1 is 1.50 bits per heavy atom. The number of benzene rings is 1. The molecule has 18 heavy (non-hydrogen) atoms. The van der Waals surface area contributed by atoms with E-state index in [1.807, 2.05) is 0 Å². The molecule has 3 nitrogen and oxygen atoms in total. The second-order valence-electron chi connectivity index (χ2n) is 4.30. The first-order chi connectivity index (χ1) is 8.68. The number of carbonyl (C=O) groups excluding carboxylic acids is 1. The fourth-order valence-electron chi connectivity index (χ4n) is 1.95. The molecule has 1 amide bonds. The van der Waals surface area contributed by atoms with Gasteiger partial charge in [-0.05, 0) is 47.3 Å². The van der Waals surface area contributed by atoms with E-state index >= 15 is 0 Å². The van der Waals surface area contributed by atoms with Crippen LogP contribution in [0.25, 0.3) is 0 Å². The van der Waals surface area contributed by atoms with Crippen molar-refractivity contribution < 1.29 is 13.9 Å². The van der Waals surface area contributed by atoms with Gasteiger partial charge >= 0.3 is 0 Å². The van der Waals surface area contributed by atoms with E-state index in [1.165, 1.54) is 12.1 Å². The molecule has 1 aliphatic rings. The molecular formula is C13H15BrFNO2. The quantitative estimate of drug-likeness (QED) is 0.931. The fraction of sp³-hybridized carbons (Fsp3) is 0.462. The third-order valence-electron chi connectivity index (χ3n) is 2.96. The molecule has 1 aromatic rings. The molecule has 0 spiro atoms. The van der Waals surface area contributed by atoms with Crippen LogP contribution in [0.15, 0.2) is 22.7 Å². The largest absolute Gasteiger partial charge is 0.376 e. The molecule has 2 rings (SSSR count). The second kappa shape index (κ2) is 6.29. The van der Waals surface area contributed by atoms with Crippen LogP contribution >= 0.6 is 15.9 Å². The average Bonchev–Trinajstić information content (AvgIpc) is 2.40. The van der Waals surface area contributed by atoms with Gasteiger partial charge in [-0.1, -0.05) is 6.07 Å². The van der Waals surface area contributed by atoms with Crippen molar-refractivity contribution in [3.63, 3.8) is 0 Å². The molecule has 1 aromatic carbocycles. The zero-order valence-corrected chi connectivity index (χ0v) is 11.5. The van der Waals surface area contributed by atoms with Crippen LogP contribution in [0.1, 0.15) is 29.6 Å². The Bertz CT molecular complexity index is 433. The van der Waals surface area contributed by atoms with Gasteiger partial charge in [0, 0.05) is 13.2 Å². The number of ether oxygens (including phenoxy) is 1. The summed E-state index contributed by atoms with van der Waals surface area (Å²) in [6, 6.07) is 4.42. The average molecular weight is 316 g/mol. The molecule has 0 bridgehead atoms. The van der Waals surface area contributed by atoms with Crippen molar-refractivity contribution in [2.24, 2.45) is 0 Å². The summed E-state index contributed by atoms with van der Waals surface area (Å²) in [4.78, 5) is 11.9. The summed E-state index contributed by atoms with van der Waals surface area (Å²) in [5.41, 5.74) is 0.311. The monoisotopic (exact) mass is 315 g/mol. The molecule has 1 heterocycles. The zero-order valence-electron chi connectivity index (χ0n) is 9.92. The molecule has 98 valence electrons. The fourth-order valence-corrected chi connectivity index (χ4v) is 2.39. The molecule has 0 saturated carbocycles. The normalized spacial score (nSPS) is 19.6. The van der Waals surface area contributed by atoms with Gasteiger partial charge in [-0.25, -0.2) is 4.39 Å². The standard InChI is InChI=1S/C13H15BrFNO2/c14-12-10(5-3-6-11(12)15)13(17)16-8-9-4-1-2-7-18-9/h3,5-6,9H,1-2,4,7-8H2,(H,16,17). The van der Waals surface area contributed by atoms with Crippen LogP contribution in [0.5, 0.6) is 0 Å². The summed E-state index contributed by atoms with van der Waals surface area (Å²) in [5.74, 6) is -0.716. The first-order valence-corrected chi connectivity index (χ1v) is 6.81. The van der Waals surface area contributed by atoms with Crippen LogP contribution in [0.3, 0.4) is 0 Å². The summed E-state index contributed by atoms with van der Waals surface area (Å²) >= 11 is 3.08. The van der Waals surface area contributed by atoms with Crippen molar-refractivity contribution in [1.82, 2.24) is 5.32 Å². The smallest absolute Gasteiger partial charge is 0.252 e. The highest BCUT2D eigenvalue weighted by molar-refractivity contribution is 9.10. The number of rotatable bonds is 3. The molecule has 1 N–H and O–H groups in total. The maximum absolute atomic E-state index is 13.3. The van der Waals surface area contributed by atoms with Crippen molar-refractivity contribution in [2.75, 3.05) is 13.2 Å². The van der Waals surface area contributed by atoms with E-state index in [2.05, 4.69) is 21.2 Å². The van der Waals surface area contributed by atoms with Crippen LogP contribution in [-0.2, 0) is 4.74 Å². The minimum atomic E-state index is -0.434. The van der Waals surface area contributed by atoms with Crippen LogP contribution in [0, 0.1) is 5.82 Å². The van der Waals surface area contributed by atoms with Gasteiger partial charge in [0.15, 0.2) is 0 Å². The van der Waals surface area contributed by atoms with E-state index in [0.717, 1.165) is 25.9 Å². The highest BCUT2D eigenvalue weighted by Gasteiger charge is 2.17. The number of hydrogen-bond acceptors (Lipinski definition) is 2. The molecule has 5 heteroatoms. The van der Waals surface area contributed by atoms with Crippen molar-refractivity contribution >= 4 is 21.8 Å². The first-order valence-electron chi connectivity index (χ1n) is 6.02. The van der Waals surface area contributed by atoms with E-state index in [1.54, 1.807) is 6.07 Å². The van der Waals surface area contributed by atoms with Gasteiger partial charge < -0.3 is 10.1 Å². The zero-order chi connectivity index (χ0) is 13.0. The van der Waals surface area contributed by atoms with Crippen molar-refractivity contribution in [1.29, 1.82) is 0 Å². The third-order valence-corrected chi connectivity index (χ3v) is 3.77. The summed E-state index contributed by atoms with van der Waals surface area (Å²) in [5, 5.41) is 2.78. The Labute approximate surface area is 114 Å². The lowest BCUT2D eigenvalue weighted by Gasteiger charge is -2.22. The maximum atomic E-state index is 13.3. The molecular weight excluding hydrogens is 301 g/mol. The molecule has 1 atom stereocenters. The number of halogens is 2. The van der Waals surface area contributed by atoms with Gasteiger partial charge in [0.05, 0.1) is 16.1 Å². The Morgan fingerprint density at radius 2 is 2.33 bits per heavy atom. The molecule has 1 fully saturated rings. The Hall–Kier alpha value is -0.940. The maximum Gasteiger partial charge on any atom is 0.252 e. The van der Waals surface area contributed by atoms with Crippen LogP contribution in [-0.4, -0.2) is 25.2 Å². The molecule has 0 radical (unpaired) electrons. The van der Waals surface area contributed by atoms with E-state index in [0.29, 0.717) is 12.1 Å². The topological polar surface area (TPSA) is 38.3 Å². The molecule has 1 saturated heterocycles. The predicted molar refractivity (Wildman–Crippen MR) is 70.0 cm³/mol. The highest BCUT2D eigenvalue weighted by Crippen LogP contribution is 2.20. The van der Waals surface area contributed by atoms with E-state index in [4.69, 9.17) is 4.74 Å². The van der Waals surface area contributed by atoms with Gasteiger partial charge in [0.2, 0.25) is 0 Å². The lowest BCUT2D eigenvalue weighted by atomic mass is 10.1. The van der Waals surface area contributed by atoms with Gasteiger partial charge in [0.1, 0.15) is 5.82 Å². The van der Waals surface area contributed by atoms with Gasteiger partial charge in [0.25, 0.3) is 5.91 Å². The Morgan fingerprint density at radius 3 is 3.06 bits per heavy atom. The minimum absolute atomic E-state index is 0.0787. The Kier molecular flexibility index (Phi) is 4.72.